The summed E-state index contributed by atoms with van der Waals surface area (Å²) >= 11 is 0. The van der Waals surface area contributed by atoms with Crippen molar-refractivity contribution in [3.05, 3.63) is 29.3 Å². The maximum Gasteiger partial charge on any atom is 0.224 e. The molecule has 1 aromatic carbocycles. The van der Waals surface area contributed by atoms with Crippen molar-refractivity contribution >= 4 is 11.6 Å². The van der Waals surface area contributed by atoms with E-state index in [0.717, 1.165) is 18.7 Å². The van der Waals surface area contributed by atoms with Crippen LogP contribution in [-0.2, 0) is 11.2 Å². The van der Waals surface area contributed by atoms with Crippen LogP contribution in [0, 0.1) is 5.41 Å². The van der Waals surface area contributed by atoms with Crippen molar-refractivity contribution in [3.8, 4) is 0 Å². The number of carbonyl (C=O) groups excluding carboxylic acids is 1. The topological polar surface area (TPSA) is 67.1 Å². The average molecular weight is 259 g/mol. The van der Waals surface area contributed by atoms with E-state index in [2.05, 4.69) is 22.8 Å². The quantitative estimate of drug-likeness (QED) is 0.769. The first-order chi connectivity index (χ1) is 9.14. The summed E-state index contributed by atoms with van der Waals surface area (Å²) in [6.07, 6.45) is 3.79. The van der Waals surface area contributed by atoms with E-state index < -0.39 is 0 Å². The predicted octanol–water partition coefficient (Wildman–Crippen LogP) is 1.57. The zero-order valence-electron chi connectivity index (χ0n) is 11.3. The lowest BCUT2D eigenvalue weighted by Gasteiger charge is -2.25. The Morgan fingerprint density at radius 2 is 2.21 bits per heavy atom. The van der Waals surface area contributed by atoms with Crippen LogP contribution in [-0.4, -0.2) is 19.5 Å². The van der Waals surface area contributed by atoms with Gasteiger partial charge < -0.3 is 16.4 Å². The van der Waals surface area contributed by atoms with Gasteiger partial charge in [-0.05, 0) is 43.5 Å². The number of nitrogens with two attached hydrogens (primary N) is 1. The molecule has 1 aliphatic carbocycles. The predicted molar refractivity (Wildman–Crippen MR) is 75.9 cm³/mol. The van der Waals surface area contributed by atoms with Gasteiger partial charge in [-0.15, -0.1) is 0 Å². The van der Waals surface area contributed by atoms with Crippen LogP contribution in [0.4, 0.5) is 5.69 Å². The molecule has 0 saturated heterocycles. The number of hydrogen-bond acceptors (Lipinski definition) is 3. The lowest BCUT2D eigenvalue weighted by atomic mass is 9.88. The second-order valence-electron chi connectivity index (χ2n) is 5.84. The molecule has 1 unspecified atom stereocenters. The third-order valence-corrected chi connectivity index (χ3v) is 4.46. The molecule has 4 N–H and O–H groups in total. The standard InChI is InChI=1S/C15H21N3O/c1-17-9-15(6-7-15)14(16)11-2-4-12-10(8-11)3-5-13(19)18-12/h2,4,8,14,17H,3,5-7,9,16H2,1H3,(H,18,19). The van der Waals surface area contributed by atoms with Crippen molar-refractivity contribution < 1.29 is 4.79 Å². The highest BCUT2D eigenvalue weighted by atomic mass is 16.1. The molecule has 1 aromatic rings. The van der Waals surface area contributed by atoms with Crippen LogP contribution < -0.4 is 16.4 Å². The molecule has 3 rings (SSSR count). The third-order valence-electron chi connectivity index (χ3n) is 4.46. The summed E-state index contributed by atoms with van der Waals surface area (Å²) in [6, 6.07) is 6.32. The van der Waals surface area contributed by atoms with Crippen molar-refractivity contribution in [1.29, 1.82) is 0 Å². The first kappa shape index (κ1) is 12.6. The molecule has 102 valence electrons. The molecule has 1 saturated carbocycles. The summed E-state index contributed by atoms with van der Waals surface area (Å²) < 4.78 is 0. The Hall–Kier alpha value is -1.39. The van der Waals surface area contributed by atoms with E-state index >= 15 is 0 Å². The Kier molecular flexibility index (Phi) is 3.07. The number of rotatable bonds is 4. The SMILES string of the molecule is CNCC1(C(N)c2ccc3c(c2)CCC(=O)N3)CC1. The second-order valence-corrected chi connectivity index (χ2v) is 5.84. The van der Waals surface area contributed by atoms with Crippen molar-refractivity contribution in [2.45, 2.75) is 31.7 Å². The molecule has 4 heteroatoms. The summed E-state index contributed by atoms with van der Waals surface area (Å²) in [6.45, 7) is 0.974. The molecule has 2 aliphatic rings. The summed E-state index contributed by atoms with van der Waals surface area (Å²) in [4.78, 5) is 11.4. The second kappa shape index (κ2) is 4.62. The lowest BCUT2D eigenvalue weighted by molar-refractivity contribution is -0.116. The average Bonchev–Trinajstić information content (AvgIpc) is 3.18. The first-order valence-corrected chi connectivity index (χ1v) is 6.97. The number of amides is 1. The van der Waals surface area contributed by atoms with E-state index in [9.17, 15) is 4.79 Å². The Morgan fingerprint density at radius 1 is 1.42 bits per heavy atom. The van der Waals surface area contributed by atoms with Crippen molar-refractivity contribution in [1.82, 2.24) is 5.32 Å². The highest BCUT2D eigenvalue weighted by molar-refractivity contribution is 5.93. The van der Waals surface area contributed by atoms with E-state index in [1.54, 1.807) is 0 Å². The third kappa shape index (κ3) is 2.26. The van der Waals surface area contributed by atoms with Gasteiger partial charge in [0.2, 0.25) is 5.91 Å². The van der Waals surface area contributed by atoms with Crippen LogP contribution in [0.5, 0.6) is 0 Å². The monoisotopic (exact) mass is 259 g/mol. The van der Waals surface area contributed by atoms with Crippen LogP contribution in [0.15, 0.2) is 18.2 Å². The van der Waals surface area contributed by atoms with Crippen molar-refractivity contribution in [3.63, 3.8) is 0 Å². The number of benzene rings is 1. The molecule has 0 spiro atoms. The van der Waals surface area contributed by atoms with Gasteiger partial charge in [-0.25, -0.2) is 0 Å². The molecule has 1 heterocycles. The first-order valence-electron chi connectivity index (χ1n) is 6.97. The number of nitrogens with one attached hydrogen (secondary N) is 2. The zero-order chi connectivity index (χ0) is 13.5. The van der Waals surface area contributed by atoms with Gasteiger partial charge in [-0.2, -0.15) is 0 Å². The Morgan fingerprint density at radius 3 is 2.89 bits per heavy atom. The normalized spacial score (nSPS) is 21.5. The van der Waals surface area contributed by atoms with Gasteiger partial charge >= 0.3 is 0 Å². The molecule has 0 radical (unpaired) electrons. The molecular weight excluding hydrogens is 238 g/mol. The van der Waals surface area contributed by atoms with Crippen LogP contribution in [0.2, 0.25) is 0 Å². The minimum Gasteiger partial charge on any atom is -0.326 e. The summed E-state index contributed by atoms with van der Waals surface area (Å²) in [5, 5.41) is 6.17. The van der Waals surface area contributed by atoms with Gasteiger partial charge in [0.05, 0.1) is 0 Å². The van der Waals surface area contributed by atoms with Crippen molar-refractivity contribution in [2.75, 3.05) is 18.9 Å². The molecule has 1 aliphatic heterocycles. The van der Waals surface area contributed by atoms with E-state index in [4.69, 9.17) is 5.73 Å². The number of hydrogen-bond donors (Lipinski definition) is 3. The van der Waals surface area contributed by atoms with Gasteiger partial charge in [0.1, 0.15) is 0 Å². The lowest BCUT2D eigenvalue weighted by Crippen LogP contribution is -2.31. The molecule has 0 aromatic heterocycles. The largest absolute Gasteiger partial charge is 0.326 e. The molecule has 1 fully saturated rings. The maximum atomic E-state index is 11.4. The van der Waals surface area contributed by atoms with Gasteiger partial charge in [0, 0.05) is 30.1 Å². The number of aryl methyl sites for hydroxylation is 1. The van der Waals surface area contributed by atoms with E-state index in [1.807, 2.05) is 13.1 Å². The Balaban J connectivity index is 1.84. The smallest absolute Gasteiger partial charge is 0.224 e. The van der Waals surface area contributed by atoms with Gasteiger partial charge in [0.15, 0.2) is 0 Å². The minimum atomic E-state index is 0.0860. The van der Waals surface area contributed by atoms with E-state index in [1.165, 1.54) is 24.0 Å². The fourth-order valence-electron chi connectivity index (χ4n) is 3.06. The molecule has 1 amide bonds. The Bertz CT molecular complexity index is 508. The summed E-state index contributed by atoms with van der Waals surface area (Å²) in [5.74, 6) is 0.110. The van der Waals surface area contributed by atoms with Gasteiger partial charge in [-0.3, -0.25) is 4.79 Å². The summed E-state index contributed by atoms with van der Waals surface area (Å²) in [5.41, 5.74) is 10.1. The van der Waals surface area contributed by atoms with Crippen LogP contribution in [0.3, 0.4) is 0 Å². The molecule has 19 heavy (non-hydrogen) atoms. The van der Waals surface area contributed by atoms with E-state index in [-0.39, 0.29) is 17.4 Å². The molecule has 0 bridgehead atoms. The number of anilines is 1. The Labute approximate surface area is 113 Å². The summed E-state index contributed by atoms with van der Waals surface area (Å²) in [7, 11) is 1.98. The van der Waals surface area contributed by atoms with Crippen LogP contribution in [0.25, 0.3) is 0 Å². The van der Waals surface area contributed by atoms with Gasteiger partial charge in [-0.1, -0.05) is 12.1 Å². The van der Waals surface area contributed by atoms with E-state index in [0.29, 0.717) is 6.42 Å². The minimum absolute atomic E-state index is 0.0860. The highest BCUT2D eigenvalue weighted by Crippen LogP contribution is 2.53. The maximum absolute atomic E-state index is 11.4. The zero-order valence-corrected chi connectivity index (χ0v) is 11.3. The fourth-order valence-corrected chi connectivity index (χ4v) is 3.06. The number of fused-ring (bicyclic) bond motifs is 1. The molecule has 4 nitrogen and oxygen atoms in total. The fraction of sp³-hybridized carbons (Fsp3) is 0.533. The van der Waals surface area contributed by atoms with Crippen LogP contribution >= 0.6 is 0 Å². The molecule has 1 atom stereocenters. The highest BCUT2D eigenvalue weighted by Gasteiger charge is 2.47. The van der Waals surface area contributed by atoms with Gasteiger partial charge in [0.25, 0.3) is 0 Å². The molecular formula is C15H21N3O. The number of carbonyl (C=O) groups is 1. The van der Waals surface area contributed by atoms with Crippen LogP contribution in [0.1, 0.15) is 36.4 Å². The van der Waals surface area contributed by atoms with Crippen molar-refractivity contribution in [2.24, 2.45) is 11.1 Å².